The quantitative estimate of drug-likeness (QED) is 0.738. The van der Waals surface area contributed by atoms with E-state index in [4.69, 9.17) is 0 Å². The number of hydrogen-bond donors (Lipinski definition) is 0. The largest absolute Gasteiger partial charge is 0.245 e. The molecule has 4 nitrogen and oxygen atoms in total. The molecule has 0 aliphatic heterocycles. The maximum Gasteiger partial charge on any atom is 0.138 e. The van der Waals surface area contributed by atoms with E-state index in [0.29, 0.717) is 0 Å². The lowest BCUT2D eigenvalue weighted by Gasteiger charge is -2.21. The van der Waals surface area contributed by atoms with E-state index in [2.05, 4.69) is 33.8 Å². The van der Waals surface area contributed by atoms with Gasteiger partial charge in [0.2, 0.25) is 0 Å². The minimum atomic E-state index is -0.261. The first-order valence-corrected chi connectivity index (χ1v) is 4.74. The van der Waals surface area contributed by atoms with E-state index in [0.717, 1.165) is 11.4 Å². The lowest BCUT2D eigenvalue weighted by Crippen LogP contribution is -2.22. The molecule has 0 fully saturated rings. The summed E-state index contributed by atoms with van der Waals surface area (Å²) >= 11 is 0. The van der Waals surface area contributed by atoms with Crippen molar-refractivity contribution in [3.05, 3.63) is 48.6 Å². The summed E-state index contributed by atoms with van der Waals surface area (Å²) < 4.78 is 0. The van der Waals surface area contributed by atoms with Gasteiger partial charge in [-0.25, -0.2) is 19.9 Å². The smallest absolute Gasteiger partial charge is 0.138 e. The zero-order chi connectivity index (χ0) is 10.7. The molecule has 2 aromatic rings. The molecule has 2 heterocycles. The van der Waals surface area contributed by atoms with Crippen LogP contribution in [0.1, 0.15) is 25.2 Å². The predicted molar refractivity (Wildman–Crippen MR) is 56.2 cm³/mol. The second-order valence-corrected chi connectivity index (χ2v) is 3.82. The van der Waals surface area contributed by atoms with Crippen LogP contribution in [0.15, 0.2) is 37.2 Å². The molecule has 4 heteroatoms. The Balaban J connectivity index is 2.44. The van der Waals surface area contributed by atoms with Gasteiger partial charge in [0.25, 0.3) is 0 Å². The topological polar surface area (TPSA) is 51.6 Å². The molecule has 0 aliphatic rings. The molecule has 0 radical (unpaired) electrons. The van der Waals surface area contributed by atoms with E-state index in [1.54, 1.807) is 30.9 Å². The minimum absolute atomic E-state index is 0.261. The van der Waals surface area contributed by atoms with Crippen LogP contribution in [0.5, 0.6) is 0 Å². The van der Waals surface area contributed by atoms with Crippen molar-refractivity contribution in [3.63, 3.8) is 0 Å². The second kappa shape index (κ2) is 3.73. The summed E-state index contributed by atoms with van der Waals surface area (Å²) in [6.07, 6.45) is 8.60. The lowest BCUT2D eigenvalue weighted by atomic mass is 9.85. The van der Waals surface area contributed by atoms with Gasteiger partial charge in [-0.3, -0.25) is 0 Å². The van der Waals surface area contributed by atoms with E-state index < -0.39 is 0 Å². The summed E-state index contributed by atoms with van der Waals surface area (Å²) in [5.41, 5.74) is 0.749. The van der Waals surface area contributed by atoms with Crippen molar-refractivity contribution in [2.45, 2.75) is 19.3 Å². The highest BCUT2D eigenvalue weighted by atomic mass is 14.9. The Hall–Kier alpha value is -1.84. The van der Waals surface area contributed by atoms with Gasteiger partial charge >= 0.3 is 0 Å². The third-order valence-electron chi connectivity index (χ3n) is 2.41. The summed E-state index contributed by atoms with van der Waals surface area (Å²) in [6.45, 7) is 4.11. The SMILES string of the molecule is CC(C)(c1cncnc1)c1ncccn1. The van der Waals surface area contributed by atoms with E-state index >= 15 is 0 Å². The molecular weight excluding hydrogens is 188 g/mol. The average molecular weight is 200 g/mol. The first-order chi connectivity index (χ1) is 7.21. The second-order valence-electron chi connectivity index (χ2n) is 3.82. The van der Waals surface area contributed by atoms with Crippen molar-refractivity contribution in [2.75, 3.05) is 0 Å². The predicted octanol–water partition coefficient (Wildman–Crippen LogP) is 1.59. The Morgan fingerprint density at radius 3 is 2.20 bits per heavy atom. The van der Waals surface area contributed by atoms with Crippen molar-refractivity contribution >= 4 is 0 Å². The van der Waals surface area contributed by atoms with Gasteiger partial charge in [-0.2, -0.15) is 0 Å². The highest BCUT2D eigenvalue weighted by molar-refractivity contribution is 5.25. The molecule has 0 bridgehead atoms. The number of aromatic nitrogens is 4. The fourth-order valence-electron chi connectivity index (χ4n) is 1.37. The highest BCUT2D eigenvalue weighted by Crippen LogP contribution is 2.26. The fourth-order valence-corrected chi connectivity index (χ4v) is 1.37. The third-order valence-corrected chi connectivity index (χ3v) is 2.41. The van der Waals surface area contributed by atoms with E-state index in [1.807, 2.05) is 0 Å². The average Bonchev–Trinajstić information content (AvgIpc) is 2.31. The summed E-state index contributed by atoms with van der Waals surface area (Å²) in [5, 5.41) is 0. The molecule has 0 aromatic carbocycles. The molecule has 0 amide bonds. The van der Waals surface area contributed by atoms with Gasteiger partial charge in [0, 0.05) is 30.4 Å². The Kier molecular flexibility index (Phi) is 2.41. The molecular formula is C11H12N4. The van der Waals surface area contributed by atoms with E-state index in [9.17, 15) is 0 Å². The molecule has 2 aromatic heterocycles. The Labute approximate surface area is 88.5 Å². The number of nitrogens with zero attached hydrogens (tertiary/aromatic N) is 4. The van der Waals surface area contributed by atoms with E-state index in [-0.39, 0.29) is 5.41 Å². The molecule has 0 saturated heterocycles. The molecule has 15 heavy (non-hydrogen) atoms. The van der Waals surface area contributed by atoms with Crippen LogP contribution in [0.3, 0.4) is 0 Å². The zero-order valence-electron chi connectivity index (χ0n) is 8.75. The molecule has 0 N–H and O–H groups in total. The van der Waals surface area contributed by atoms with Gasteiger partial charge in [-0.05, 0) is 19.9 Å². The van der Waals surface area contributed by atoms with Crippen molar-refractivity contribution in [3.8, 4) is 0 Å². The van der Waals surface area contributed by atoms with Crippen LogP contribution in [0.25, 0.3) is 0 Å². The van der Waals surface area contributed by atoms with Crippen LogP contribution in [-0.4, -0.2) is 19.9 Å². The molecule has 0 saturated carbocycles. The van der Waals surface area contributed by atoms with E-state index in [1.165, 1.54) is 6.33 Å². The molecule has 0 unspecified atom stereocenters. The van der Waals surface area contributed by atoms with Crippen molar-refractivity contribution in [1.82, 2.24) is 19.9 Å². The standard InChI is InChI=1S/C11H12N4/c1-11(2,9-6-12-8-13-7-9)10-14-4-3-5-15-10/h3-8H,1-2H3. The normalized spacial score (nSPS) is 11.3. The summed E-state index contributed by atoms with van der Waals surface area (Å²) in [5.74, 6) is 0.778. The summed E-state index contributed by atoms with van der Waals surface area (Å²) in [7, 11) is 0. The van der Waals surface area contributed by atoms with Gasteiger partial charge in [-0.1, -0.05) is 0 Å². The van der Waals surface area contributed by atoms with Crippen LogP contribution in [-0.2, 0) is 5.41 Å². The van der Waals surface area contributed by atoms with Crippen LogP contribution < -0.4 is 0 Å². The van der Waals surface area contributed by atoms with Gasteiger partial charge < -0.3 is 0 Å². The monoisotopic (exact) mass is 200 g/mol. The Morgan fingerprint density at radius 1 is 1.00 bits per heavy atom. The van der Waals surface area contributed by atoms with Gasteiger partial charge in [0.15, 0.2) is 0 Å². The Bertz CT molecular complexity index is 383. The van der Waals surface area contributed by atoms with Gasteiger partial charge in [0.1, 0.15) is 12.2 Å². The fraction of sp³-hybridized carbons (Fsp3) is 0.273. The highest BCUT2D eigenvalue weighted by Gasteiger charge is 2.26. The number of rotatable bonds is 2. The maximum atomic E-state index is 4.26. The zero-order valence-corrected chi connectivity index (χ0v) is 8.75. The Morgan fingerprint density at radius 2 is 1.60 bits per heavy atom. The van der Waals surface area contributed by atoms with Crippen LogP contribution in [0, 0.1) is 0 Å². The molecule has 0 spiro atoms. The summed E-state index contributed by atoms with van der Waals surface area (Å²) in [6, 6.07) is 1.81. The third kappa shape index (κ3) is 1.83. The molecule has 2 rings (SSSR count). The van der Waals surface area contributed by atoms with Crippen molar-refractivity contribution < 1.29 is 0 Å². The van der Waals surface area contributed by atoms with Crippen molar-refractivity contribution in [2.24, 2.45) is 0 Å². The first kappa shape index (κ1) is 9.71. The molecule has 0 aliphatic carbocycles. The van der Waals surface area contributed by atoms with Crippen LogP contribution >= 0.6 is 0 Å². The lowest BCUT2D eigenvalue weighted by molar-refractivity contribution is 0.584. The molecule has 0 atom stereocenters. The maximum absolute atomic E-state index is 4.26. The van der Waals surface area contributed by atoms with Crippen LogP contribution in [0.2, 0.25) is 0 Å². The van der Waals surface area contributed by atoms with Gasteiger partial charge in [-0.15, -0.1) is 0 Å². The molecule has 76 valence electrons. The minimum Gasteiger partial charge on any atom is -0.245 e. The summed E-state index contributed by atoms with van der Waals surface area (Å²) in [4.78, 5) is 16.5. The first-order valence-electron chi connectivity index (χ1n) is 4.74. The van der Waals surface area contributed by atoms with Crippen molar-refractivity contribution in [1.29, 1.82) is 0 Å². The van der Waals surface area contributed by atoms with Gasteiger partial charge in [0.05, 0.1) is 5.41 Å². The van der Waals surface area contributed by atoms with Crippen LogP contribution in [0.4, 0.5) is 0 Å². The number of hydrogen-bond acceptors (Lipinski definition) is 4.